The van der Waals surface area contributed by atoms with E-state index in [1.165, 1.54) is 12.1 Å². The van der Waals surface area contributed by atoms with Crippen LogP contribution in [0.25, 0.3) is 0 Å². The van der Waals surface area contributed by atoms with Crippen LogP contribution in [0.1, 0.15) is 10.4 Å². The van der Waals surface area contributed by atoms with Gasteiger partial charge in [-0.15, -0.1) is 0 Å². The molecule has 0 radical (unpaired) electrons. The molecule has 2 N–H and O–H groups in total. The number of piperazine rings is 1. The first-order chi connectivity index (χ1) is 12.5. The Morgan fingerprint density at radius 1 is 1.04 bits per heavy atom. The third kappa shape index (κ3) is 4.30. The Kier molecular flexibility index (Phi) is 5.36. The first-order valence-corrected chi connectivity index (χ1v) is 8.34. The zero-order valence-corrected chi connectivity index (χ0v) is 14.2. The SMILES string of the molecule is NC(=O)COc1cccc(C(=O)N2CCN(c3ccc(F)cc3)CC2)c1. The van der Waals surface area contributed by atoms with Crippen LogP contribution in [0.2, 0.25) is 0 Å². The van der Waals surface area contributed by atoms with Crippen molar-refractivity contribution in [1.82, 2.24) is 4.90 Å². The van der Waals surface area contributed by atoms with Crippen molar-refractivity contribution in [1.29, 1.82) is 0 Å². The van der Waals surface area contributed by atoms with E-state index in [0.717, 1.165) is 5.69 Å². The number of rotatable bonds is 5. The van der Waals surface area contributed by atoms with Gasteiger partial charge in [0.25, 0.3) is 11.8 Å². The summed E-state index contributed by atoms with van der Waals surface area (Å²) >= 11 is 0. The zero-order valence-electron chi connectivity index (χ0n) is 14.2. The molecule has 2 amide bonds. The quantitative estimate of drug-likeness (QED) is 0.883. The van der Waals surface area contributed by atoms with Gasteiger partial charge in [-0.3, -0.25) is 9.59 Å². The van der Waals surface area contributed by atoms with E-state index in [-0.39, 0.29) is 18.3 Å². The Bertz CT molecular complexity index is 787. The van der Waals surface area contributed by atoms with Crippen LogP contribution < -0.4 is 15.4 Å². The highest BCUT2D eigenvalue weighted by Gasteiger charge is 2.22. The smallest absolute Gasteiger partial charge is 0.255 e. The molecule has 2 aromatic rings. The van der Waals surface area contributed by atoms with Crippen LogP contribution in [0.3, 0.4) is 0 Å². The van der Waals surface area contributed by atoms with Crippen LogP contribution in [-0.2, 0) is 4.79 Å². The standard InChI is InChI=1S/C19H20FN3O3/c20-15-4-6-16(7-5-15)22-8-10-23(11-9-22)19(25)14-2-1-3-17(12-14)26-13-18(21)24/h1-7,12H,8-11,13H2,(H2,21,24). The number of anilines is 1. The molecular formula is C19H20FN3O3. The predicted octanol–water partition coefficient (Wildman–Crippen LogP) is 1.65. The van der Waals surface area contributed by atoms with Crippen LogP contribution in [0.4, 0.5) is 10.1 Å². The van der Waals surface area contributed by atoms with Gasteiger partial charge in [0.05, 0.1) is 0 Å². The van der Waals surface area contributed by atoms with Crippen LogP contribution in [0, 0.1) is 5.82 Å². The van der Waals surface area contributed by atoms with Gasteiger partial charge in [0.15, 0.2) is 6.61 Å². The summed E-state index contributed by atoms with van der Waals surface area (Å²) in [6.07, 6.45) is 0. The molecule has 1 aliphatic rings. The molecule has 1 saturated heterocycles. The maximum absolute atomic E-state index is 13.0. The van der Waals surface area contributed by atoms with Gasteiger partial charge in [-0.25, -0.2) is 4.39 Å². The number of hydrogen-bond donors (Lipinski definition) is 1. The molecule has 1 fully saturated rings. The summed E-state index contributed by atoms with van der Waals surface area (Å²) in [5.74, 6) is -0.493. The molecule has 2 aromatic carbocycles. The van der Waals surface area contributed by atoms with E-state index in [0.29, 0.717) is 37.5 Å². The minimum Gasteiger partial charge on any atom is -0.484 e. The van der Waals surface area contributed by atoms with Gasteiger partial charge in [0.2, 0.25) is 0 Å². The summed E-state index contributed by atoms with van der Waals surface area (Å²) in [5.41, 5.74) is 6.51. The van der Waals surface area contributed by atoms with Gasteiger partial charge >= 0.3 is 0 Å². The fourth-order valence-electron chi connectivity index (χ4n) is 2.88. The maximum atomic E-state index is 13.0. The number of primary amides is 1. The highest BCUT2D eigenvalue weighted by Crippen LogP contribution is 2.19. The number of hydrogen-bond acceptors (Lipinski definition) is 4. The highest BCUT2D eigenvalue weighted by molar-refractivity contribution is 5.94. The molecule has 136 valence electrons. The number of carbonyl (C=O) groups excluding carboxylic acids is 2. The average Bonchev–Trinajstić information content (AvgIpc) is 2.67. The summed E-state index contributed by atoms with van der Waals surface area (Å²) in [6, 6.07) is 13.1. The lowest BCUT2D eigenvalue weighted by atomic mass is 10.1. The van der Waals surface area contributed by atoms with E-state index >= 15 is 0 Å². The minimum absolute atomic E-state index is 0.0896. The average molecular weight is 357 g/mol. The fourth-order valence-corrected chi connectivity index (χ4v) is 2.88. The van der Waals surface area contributed by atoms with Crippen LogP contribution in [-0.4, -0.2) is 49.5 Å². The molecule has 7 heteroatoms. The number of carbonyl (C=O) groups is 2. The second-order valence-corrected chi connectivity index (χ2v) is 6.04. The number of halogens is 1. The van der Waals surface area contributed by atoms with Gasteiger partial charge in [-0.05, 0) is 42.5 Å². The normalized spacial score (nSPS) is 14.2. The lowest BCUT2D eigenvalue weighted by molar-refractivity contribution is -0.119. The first kappa shape index (κ1) is 17.7. The maximum Gasteiger partial charge on any atom is 0.255 e. The Labute approximate surface area is 150 Å². The van der Waals surface area contributed by atoms with E-state index < -0.39 is 5.91 Å². The fraction of sp³-hybridized carbons (Fsp3) is 0.263. The third-order valence-corrected chi connectivity index (χ3v) is 4.22. The summed E-state index contributed by atoms with van der Waals surface area (Å²) < 4.78 is 18.3. The monoisotopic (exact) mass is 357 g/mol. The van der Waals surface area contributed by atoms with Crippen molar-refractivity contribution in [3.63, 3.8) is 0 Å². The molecular weight excluding hydrogens is 337 g/mol. The van der Waals surface area contributed by atoms with Crippen molar-refractivity contribution in [2.45, 2.75) is 0 Å². The van der Waals surface area contributed by atoms with Gasteiger partial charge in [0, 0.05) is 37.4 Å². The summed E-state index contributed by atoms with van der Waals surface area (Å²) in [5, 5.41) is 0. The molecule has 0 spiro atoms. The number of benzene rings is 2. The molecule has 0 bridgehead atoms. The molecule has 26 heavy (non-hydrogen) atoms. The lowest BCUT2D eigenvalue weighted by Crippen LogP contribution is -2.48. The van der Waals surface area contributed by atoms with E-state index in [9.17, 15) is 14.0 Å². The Balaban J connectivity index is 1.60. The van der Waals surface area contributed by atoms with Gasteiger partial charge in [-0.2, -0.15) is 0 Å². The molecule has 0 unspecified atom stereocenters. The van der Waals surface area contributed by atoms with Crippen molar-refractivity contribution >= 4 is 17.5 Å². The van der Waals surface area contributed by atoms with Gasteiger partial charge in [-0.1, -0.05) is 6.07 Å². The number of nitrogens with zero attached hydrogens (tertiary/aromatic N) is 2. The van der Waals surface area contributed by atoms with E-state index in [1.807, 2.05) is 0 Å². The second-order valence-electron chi connectivity index (χ2n) is 6.04. The lowest BCUT2D eigenvalue weighted by Gasteiger charge is -2.36. The van der Waals surface area contributed by atoms with Crippen LogP contribution >= 0.6 is 0 Å². The molecule has 3 rings (SSSR count). The number of nitrogens with two attached hydrogens (primary N) is 1. The Hall–Kier alpha value is -3.09. The van der Waals surface area contributed by atoms with Crippen molar-refractivity contribution < 1.29 is 18.7 Å². The number of amides is 2. The largest absolute Gasteiger partial charge is 0.484 e. The van der Waals surface area contributed by atoms with E-state index in [4.69, 9.17) is 10.5 Å². The molecule has 6 nitrogen and oxygen atoms in total. The summed E-state index contributed by atoms with van der Waals surface area (Å²) in [7, 11) is 0. The summed E-state index contributed by atoms with van der Waals surface area (Å²) in [4.78, 5) is 27.4. The molecule has 0 aliphatic carbocycles. The van der Waals surface area contributed by atoms with E-state index in [2.05, 4.69) is 4.90 Å². The first-order valence-electron chi connectivity index (χ1n) is 8.34. The molecule has 1 aliphatic heterocycles. The second kappa shape index (κ2) is 7.86. The zero-order chi connectivity index (χ0) is 18.5. The van der Waals surface area contributed by atoms with Crippen molar-refractivity contribution in [3.05, 3.63) is 59.9 Å². The van der Waals surface area contributed by atoms with Crippen molar-refractivity contribution in [3.8, 4) is 5.75 Å². The Morgan fingerprint density at radius 3 is 2.38 bits per heavy atom. The van der Waals surface area contributed by atoms with Crippen LogP contribution in [0.15, 0.2) is 48.5 Å². The summed E-state index contributed by atoms with van der Waals surface area (Å²) in [6.45, 7) is 2.27. The minimum atomic E-state index is -0.571. The van der Waals surface area contributed by atoms with E-state index in [1.54, 1.807) is 41.3 Å². The predicted molar refractivity (Wildman–Crippen MR) is 95.6 cm³/mol. The van der Waals surface area contributed by atoms with Crippen LogP contribution in [0.5, 0.6) is 5.75 Å². The molecule has 0 atom stereocenters. The van der Waals surface area contributed by atoms with Crippen molar-refractivity contribution in [2.24, 2.45) is 5.73 Å². The van der Waals surface area contributed by atoms with Crippen molar-refractivity contribution in [2.75, 3.05) is 37.7 Å². The molecule has 0 aromatic heterocycles. The highest BCUT2D eigenvalue weighted by atomic mass is 19.1. The Morgan fingerprint density at radius 2 is 1.73 bits per heavy atom. The molecule has 1 heterocycles. The van der Waals surface area contributed by atoms with Gasteiger partial charge in [0.1, 0.15) is 11.6 Å². The van der Waals surface area contributed by atoms with Gasteiger partial charge < -0.3 is 20.3 Å². The topological polar surface area (TPSA) is 75.9 Å². The third-order valence-electron chi connectivity index (χ3n) is 4.22. The molecule has 0 saturated carbocycles. The number of ether oxygens (including phenoxy) is 1.